The summed E-state index contributed by atoms with van der Waals surface area (Å²) >= 11 is 6.37. The molecule has 8 nitrogen and oxygen atoms in total. The van der Waals surface area contributed by atoms with Crippen LogP contribution in [0.15, 0.2) is 64.4 Å². The van der Waals surface area contributed by atoms with Gasteiger partial charge in [0.25, 0.3) is 5.56 Å². The third kappa shape index (κ3) is 5.17. The molecule has 2 N–H and O–H groups in total. The zero-order valence-electron chi connectivity index (χ0n) is 20.7. The number of rotatable bonds is 6. The van der Waals surface area contributed by atoms with Crippen LogP contribution in [0.1, 0.15) is 28.1 Å². The van der Waals surface area contributed by atoms with Crippen molar-refractivity contribution in [3.8, 4) is 17.0 Å². The fourth-order valence-electron chi connectivity index (χ4n) is 4.39. The number of nitrogens with zero attached hydrogens (tertiary/aromatic N) is 3. The quantitative estimate of drug-likeness (QED) is 0.292. The van der Waals surface area contributed by atoms with Crippen LogP contribution in [0.5, 0.6) is 5.75 Å². The summed E-state index contributed by atoms with van der Waals surface area (Å²) in [6.07, 6.45) is -1.88. The van der Waals surface area contributed by atoms with Crippen molar-refractivity contribution < 1.29 is 17.9 Å². The largest absolute Gasteiger partial charge is 0.486 e. The van der Waals surface area contributed by atoms with E-state index in [0.29, 0.717) is 22.9 Å². The van der Waals surface area contributed by atoms with Gasteiger partial charge in [0.15, 0.2) is 0 Å². The molecule has 5 rings (SSSR count). The Hall–Kier alpha value is -4.38. The number of aromatic nitrogens is 5. The Balaban J connectivity index is 1.53. The smallest absolute Gasteiger partial charge is 0.421 e. The van der Waals surface area contributed by atoms with Crippen molar-refractivity contribution in [3.63, 3.8) is 0 Å². The maximum Gasteiger partial charge on any atom is 0.421 e. The summed E-state index contributed by atoms with van der Waals surface area (Å²) in [5.74, 6) is 0.430. The van der Waals surface area contributed by atoms with Gasteiger partial charge < -0.3 is 14.3 Å². The van der Waals surface area contributed by atoms with E-state index in [1.807, 2.05) is 32.0 Å². The SMILES string of the molecule is Cc1cc(-c2[nH]ncc2C)c2cccc(OCc3c(Cl)cc(=O)[nH]c3Cn3cccc(C(F)(F)F)c3=O)c2n1. The van der Waals surface area contributed by atoms with Crippen LogP contribution in [0.25, 0.3) is 22.2 Å². The minimum atomic E-state index is -4.82. The number of H-pyrrole nitrogens is 2. The zero-order valence-corrected chi connectivity index (χ0v) is 21.4. The molecule has 5 aromatic rings. The second kappa shape index (κ2) is 10.1. The Morgan fingerprint density at radius 1 is 1.10 bits per heavy atom. The molecule has 0 fully saturated rings. The fourth-order valence-corrected chi connectivity index (χ4v) is 4.66. The highest BCUT2D eigenvalue weighted by Crippen LogP contribution is 2.34. The Morgan fingerprint density at radius 2 is 1.90 bits per heavy atom. The predicted molar refractivity (Wildman–Crippen MR) is 140 cm³/mol. The van der Waals surface area contributed by atoms with E-state index in [4.69, 9.17) is 16.3 Å². The molecule has 0 atom stereocenters. The second-order valence-electron chi connectivity index (χ2n) is 8.97. The molecule has 0 amide bonds. The molecule has 4 aromatic heterocycles. The van der Waals surface area contributed by atoms with Gasteiger partial charge in [0, 0.05) is 40.2 Å². The monoisotopic (exact) mass is 555 g/mol. The predicted octanol–water partition coefficient (Wildman–Crippen LogP) is 5.39. The van der Waals surface area contributed by atoms with Crippen LogP contribution < -0.4 is 15.9 Å². The molecule has 200 valence electrons. The van der Waals surface area contributed by atoms with Crippen LogP contribution in [0.3, 0.4) is 0 Å². The van der Waals surface area contributed by atoms with Gasteiger partial charge in [-0.05, 0) is 43.7 Å². The van der Waals surface area contributed by atoms with Crippen molar-refractivity contribution in [1.29, 1.82) is 0 Å². The molecule has 12 heteroatoms. The minimum Gasteiger partial charge on any atom is -0.486 e. The average molecular weight is 556 g/mol. The number of halogens is 4. The van der Waals surface area contributed by atoms with Crippen molar-refractivity contribution in [1.82, 2.24) is 24.7 Å². The van der Waals surface area contributed by atoms with E-state index >= 15 is 0 Å². The van der Waals surface area contributed by atoms with E-state index in [1.165, 1.54) is 6.20 Å². The van der Waals surface area contributed by atoms with Crippen molar-refractivity contribution >= 4 is 22.5 Å². The van der Waals surface area contributed by atoms with Gasteiger partial charge in [-0.1, -0.05) is 23.7 Å². The van der Waals surface area contributed by atoms with Crippen LogP contribution >= 0.6 is 11.6 Å². The number of aromatic amines is 2. The number of para-hydroxylation sites is 1. The molecular formula is C27H21ClF3N5O3. The van der Waals surface area contributed by atoms with Crippen LogP contribution in [0.2, 0.25) is 5.02 Å². The van der Waals surface area contributed by atoms with Crippen molar-refractivity contribution in [2.45, 2.75) is 33.2 Å². The number of pyridine rings is 3. The van der Waals surface area contributed by atoms with Gasteiger partial charge in [0.2, 0.25) is 5.56 Å². The number of alkyl halides is 3. The third-order valence-corrected chi connectivity index (χ3v) is 6.58. The number of benzene rings is 1. The van der Waals surface area contributed by atoms with Gasteiger partial charge in [-0.25, -0.2) is 4.98 Å². The average Bonchev–Trinajstić information content (AvgIpc) is 3.29. The highest BCUT2D eigenvalue weighted by molar-refractivity contribution is 6.31. The van der Waals surface area contributed by atoms with E-state index in [2.05, 4.69) is 20.2 Å². The summed E-state index contributed by atoms with van der Waals surface area (Å²) in [6.45, 7) is 3.30. The van der Waals surface area contributed by atoms with Gasteiger partial charge in [0.1, 0.15) is 23.4 Å². The minimum absolute atomic E-state index is 0.0481. The molecule has 0 unspecified atom stereocenters. The molecule has 0 aliphatic carbocycles. The van der Waals surface area contributed by atoms with E-state index in [9.17, 15) is 22.8 Å². The Morgan fingerprint density at radius 3 is 2.62 bits per heavy atom. The fraction of sp³-hybridized carbons (Fsp3) is 0.185. The molecule has 1 aromatic carbocycles. The first-order valence-corrected chi connectivity index (χ1v) is 12.1. The number of fused-ring (bicyclic) bond motifs is 1. The lowest BCUT2D eigenvalue weighted by Crippen LogP contribution is -2.29. The number of hydrogen-bond acceptors (Lipinski definition) is 5. The number of ether oxygens (including phenoxy) is 1. The lowest BCUT2D eigenvalue weighted by Gasteiger charge is -2.16. The first-order valence-electron chi connectivity index (χ1n) is 11.7. The number of hydrogen-bond donors (Lipinski definition) is 2. The molecule has 4 heterocycles. The number of nitrogens with one attached hydrogen (secondary N) is 2. The lowest BCUT2D eigenvalue weighted by atomic mass is 10.0. The first kappa shape index (κ1) is 26.2. The van der Waals surface area contributed by atoms with Crippen molar-refractivity contribution in [3.05, 3.63) is 109 Å². The van der Waals surface area contributed by atoms with Crippen LogP contribution in [-0.2, 0) is 19.3 Å². The Kier molecular flexibility index (Phi) is 6.77. The maximum absolute atomic E-state index is 13.3. The summed E-state index contributed by atoms with van der Waals surface area (Å²) in [5, 5.41) is 7.99. The molecule has 0 saturated carbocycles. The standard InChI is InChI=1S/C27H21ClF3N5O3/c1-14-11-32-35-24(14)17-9-15(2)33-25-16(17)5-3-7-22(25)39-13-18-20(28)10-23(37)34-21(18)12-36-8-4-6-19(26(36)38)27(29,30)31/h3-11H,12-13H2,1-2H3,(H,32,35)(H,34,37). The summed E-state index contributed by atoms with van der Waals surface area (Å²) in [5.41, 5.74) is 1.36. The molecule has 0 saturated heterocycles. The molecule has 0 bridgehead atoms. The maximum atomic E-state index is 13.3. The third-order valence-electron chi connectivity index (χ3n) is 6.24. The summed E-state index contributed by atoms with van der Waals surface area (Å²) in [7, 11) is 0. The molecule has 0 radical (unpaired) electrons. The second-order valence-corrected chi connectivity index (χ2v) is 9.38. The Bertz CT molecular complexity index is 1820. The molecule has 0 aliphatic heterocycles. The highest BCUT2D eigenvalue weighted by Gasteiger charge is 2.34. The molecular weight excluding hydrogens is 535 g/mol. The van der Waals surface area contributed by atoms with E-state index < -0.39 is 22.9 Å². The van der Waals surface area contributed by atoms with E-state index in [-0.39, 0.29) is 23.9 Å². The zero-order chi connectivity index (χ0) is 27.9. The van der Waals surface area contributed by atoms with E-state index in [1.54, 1.807) is 12.3 Å². The van der Waals surface area contributed by atoms with Crippen LogP contribution in [0.4, 0.5) is 13.2 Å². The van der Waals surface area contributed by atoms with Crippen molar-refractivity contribution in [2.75, 3.05) is 0 Å². The highest BCUT2D eigenvalue weighted by atomic mass is 35.5. The van der Waals surface area contributed by atoms with Crippen molar-refractivity contribution in [2.24, 2.45) is 0 Å². The van der Waals surface area contributed by atoms with Gasteiger partial charge in [0.05, 0.1) is 23.5 Å². The summed E-state index contributed by atoms with van der Waals surface area (Å²) < 4.78 is 46.7. The summed E-state index contributed by atoms with van der Waals surface area (Å²) in [6, 6.07) is 10.4. The van der Waals surface area contributed by atoms with E-state index in [0.717, 1.165) is 44.6 Å². The topological polar surface area (TPSA) is 106 Å². The van der Waals surface area contributed by atoms with Gasteiger partial charge in [-0.2, -0.15) is 18.3 Å². The van der Waals surface area contributed by atoms with Gasteiger partial charge in [-0.15, -0.1) is 0 Å². The Labute approximate surface area is 224 Å². The van der Waals surface area contributed by atoms with Crippen LogP contribution in [0, 0.1) is 13.8 Å². The molecule has 39 heavy (non-hydrogen) atoms. The lowest BCUT2D eigenvalue weighted by molar-refractivity contribution is -0.138. The van der Waals surface area contributed by atoms with Crippen LogP contribution in [-0.4, -0.2) is 24.7 Å². The molecule has 0 aliphatic rings. The normalized spacial score (nSPS) is 11.7. The van der Waals surface area contributed by atoms with Gasteiger partial charge >= 0.3 is 6.18 Å². The molecule has 0 spiro atoms. The first-order chi connectivity index (χ1) is 18.5. The summed E-state index contributed by atoms with van der Waals surface area (Å²) in [4.78, 5) is 31.9. The number of aryl methyl sites for hydroxylation is 2. The van der Waals surface area contributed by atoms with Gasteiger partial charge in [-0.3, -0.25) is 14.7 Å².